The molecule has 1 aromatic heterocycles. The van der Waals surface area contributed by atoms with E-state index in [-0.39, 0.29) is 21.5 Å². The van der Waals surface area contributed by atoms with Crippen molar-refractivity contribution in [2.24, 2.45) is 0 Å². The molecule has 0 unspecified atom stereocenters. The van der Waals surface area contributed by atoms with Gasteiger partial charge in [0.25, 0.3) is 0 Å². The lowest BCUT2D eigenvalue weighted by Gasteiger charge is -1.91. The van der Waals surface area contributed by atoms with E-state index in [1.165, 1.54) is 0 Å². The predicted molar refractivity (Wildman–Crippen MR) is 55.3 cm³/mol. The second-order valence-corrected chi connectivity index (χ2v) is 3.18. The number of halogens is 4. The smallest absolute Gasteiger partial charge is 0.258 e. The van der Waals surface area contributed by atoms with Crippen LogP contribution in [0.25, 0.3) is 0 Å². The first-order valence-corrected chi connectivity index (χ1v) is 4.79. The van der Waals surface area contributed by atoms with E-state index in [9.17, 15) is 10.1 Å². The Balaban J connectivity index is 0.000000500. The zero-order chi connectivity index (χ0) is 11.1. The Bertz CT molecular complexity index is 322. The number of rotatable bonds is 1. The average molecular weight is 279 g/mol. The highest BCUT2D eigenvalue weighted by molar-refractivity contribution is 6.40. The zero-order valence-corrected chi connectivity index (χ0v) is 9.48. The Labute approximate surface area is 99.1 Å². The number of hydrogen-bond donors (Lipinski definition) is 0. The van der Waals surface area contributed by atoms with E-state index in [0.717, 1.165) is 6.20 Å². The van der Waals surface area contributed by atoms with Crippen LogP contribution >= 0.6 is 46.4 Å². The Morgan fingerprint density at radius 2 is 1.93 bits per heavy atom. The minimum Gasteiger partial charge on any atom is -0.258 e. The van der Waals surface area contributed by atoms with Crippen molar-refractivity contribution in [3.8, 4) is 0 Å². The molecule has 14 heavy (non-hydrogen) atoms. The maximum Gasteiger partial charge on any atom is 0.324 e. The second kappa shape index (κ2) is 7.00. The van der Waals surface area contributed by atoms with Gasteiger partial charge in [-0.15, -0.1) is 23.2 Å². The van der Waals surface area contributed by atoms with E-state index in [4.69, 9.17) is 46.4 Å². The molecule has 5 nitrogen and oxygen atoms in total. The highest BCUT2D eigenvalue weighted by Crippen LogP contribution is 2.20. The first kappa shape index (κ1) is 13.6. The minimum atomic E-state index is -0.682. The van der Waals surface area contributed by atoms with E-state index in [0.29, 0.717) is 0 Å². The van der Waals surface area contributed by atoms with Crippen molar-refractivity contribution < 1.29 is 4.92 Å². The molecule has 1 aromatic rings. The molecule has 1 heterocycles. The van der Waals surface area contributed by atoms with Gasteiger partial charge in [-0.3, -0.25) is 10.1 Å². The SMILES string of the molecule is ClCCl.O=[N+]([O-])c1cnc(Cl)nc1Cl. The number of hydrogen-bond acceptors (Lipinski definition) is 4. The highest BCUT2D eigenvalue weighted by atomic mass is 35.5. The van der Waals surface area contributed by atoms with Gasteiger partial charge >= 0.3 is 5.69 Å². The monoisotopic (exact) mass is 277 g/mol. The van der Waals surface area contributed by atoms with E-state index < -0.39 is 4.92 Å². The molecule has 0 aliphatic rings. The molecule has 0 radical (unpaired) electrons. The number of nitro groups is 1. The average Bonchev–Trinajstić information content (AvgIpc) is 2.04. The summed E-state index contributed by atoms with van der Waals surface area (Å²) in [5.41, 5.74) is -0.351. The third-order valence-electron chi connectivity index (χ3n) is 0.892. The fourth-order valence-corrected chi connectivity index (χ4v) is 0.832. The predicted octanol–water partition coefficient (Wildman–Crippen LogP) is 3.11. The zero-order valence-electron chi connectivity index (χ0n) is 6.45. The summed E-state index contributed by atoms with van der Waals surface area (Å²) in [6.45, 7) is 0. The lowest BCUT2D eigenvalue weighted by Crippen LogP contribution is -1.92. The van der Waals surface area contributed by atoms with Gasteiger partial charge in [0.05, 0.1) is 10.3 Å². The molecule has 0 saturated carbocycles. The van der Waals surface area contributed by atoms with Gasteiger partial charge < -0.3 is 0 Å². The molecule has 0 atom stereocenters. The van der Waals surface area contributed by atoms with Crippen LogP contribution in [0.3, 0.4) is 0 Å². The molecule has 78 valence electrons. The summed E-state index contributed by atoms with van der Waals surface area (Å²) in [7, 11) is 0. The summed E-state index contributed by atoms with van der Waals surface area (Å²) in [5, 5.41) is 9.96. The summed E-state index contributed by atoms with van der Waals surface area (Å²) in [4.78, 5) is 16.2. The fourth-order valence-electron chi connectivity index (χ4n) is 0.457. The van der Waals surface area contributed by atoms with Gasteiger partial charge in [0.2, 0.25) is 10.4 Å². The van der Waals surface area contributed by atoms with Crippen molar-refractivity contribution in [1.82, 2.24) is 9.97 Å². The summed E-state index contributed by atoms with van der Waals surface area (Å²) in [6.07, 6.45) is 0.956. The molecule has 0 bridgehead atoms. The van der Waals surface area contributed by atoms with Crippen LogP contribution in [0.5, 0.6) is 0 Å². The van der Waals surface area contributed by atoms with Gasteiger partial charge in [-0.05, 0) is 11.6 Å². The molecule has 0 fully saturated rings. The van der Waals surface area contributed by atoms with Crippen molar-refractivity contribution in [3.05, 3.63) is 26.7 Å². The Morgan fingerprint density at radius 1 is 1.43 bits per heavy atom. The maximum atomic E-state index is 10.1. The van der Waals surface area contributed by atoms with Crippen LogP contribution in [0.1, 0.15) is 0 Å². The Kier molecular flexibility index (Phi) is 6.82. The molecule has 1 rings (SSSR count). The van der Waals surface area contributed by atoms with Crippen LogP contribution in [-0.4, -0.2) is 20.2 Å². The van der Waals surface area contributed by atoms with Crippen LogP contribution in [0.2, 0.25) is 10.4 Å². The first-order chi connectivity index (χ1) is 6.52. The van der Waals surface area contributed by atoms with Crippen LogP contribution in [0.4, 0.5) is 5.69 Å². The van der Waals surface area contributed by atoms with Gasteiger partial charge in [0.15, 0.2) is 0 Å². The van der Waals surface area contributed by atoms with Crippen LogP contribution in [-0.2, 0) is 0 Å². The molecule has 0 aliphatic carbocycles. The van der Waals surface area contributed by atoms with E-state index in [1.807, 2.05) is 0 Å². The Hall–Kier alpha value is -0.360. The third-order valence-corrected chi connectivity index (χ3v) is 1.35. The first-order valence-electron chi connectivity index (χ1n) is 2.97. The van der Waals surface area contributed by atoms with Gasteiger partial charge in [-0.1, -0.05) is 11.6 Å². The summed E-state index contributed by atoms with van der Waals surface area (Å²) in [5.74, 6) is 0. The van der Waals surface area contributed by atoms with E-state index >= 15 is 0 Å². The van der Waals surface area contributed by atoms with Crippen LogP contribution in [0.15, 0.2) is 6.20 Å². The molecule has 0 aromatic carbocycles. The minimum absolute atomic E-state index is 0.111. The van der Waals surface area contributed by atoms with Gasteiger partial charge in [0, 0.05) is 0 Å². The van der Waals surface area contributed by atoms with Crippen molar-refractivity contribution in [2.75, 3.05) is 5.34 Å². The van der Waals surface area contributed by atoms with Crippen molar-refractivity contribution >= 4 is 52.1 Å². The molecule has 0 aliphatic heterocycles. The van der Waals surface area contributed by atoms with Crippen LogP contribution < -0.4 is 0 Å². The quantitative estimate of drug-likeness (QED) is 0.260. The molecular weight excluding hydrogens is 276 g/mol. The number of alkyl halides is 2. The normalized spacial score (nSPS) is 8.86. The highest BCUT2D eigenvalue weighted by Gasteiger charge is 2.13. The van der Waals surface area contributed by atoms with Crippen molar-refractivity contribution in [1.29, 1.82) is 0 Å². The fraction of sp³-hybridized carbons (Fsp3) is 0.200. The van der Waals surface area contributed by atoms with Gasteiger partial charge in [0.1, 0.15) is 6.20 Å². The Morgan fingerprint density at radius 3 is 2.29 bits per heavy atom. The topological polar surface area (TPSA) is 68.9 Å². The van der Waals surface area contributed by atoms with E-state index in [2.05, 4.69) is 9.97 Å². The third kappa shape index (κ3) is 4.76. The molecule has 0 spiro atoms. The van der Waals surface area contributed by atoms with Crippen molar-refractivity contribution in [2.45, 2.75) is 0 Å². The molecule has 0 amide bonds. The van der Waals surface area contributed by atoms with Crippen molar-refractivity contribution in [3.63, 3.8) is 0 Å². The second-order valence-electron chi connectivity index (χ2n) is 1.67. The summed E-state index contributed by atoms with van der Waals surface area (Å²) >= 11 is 20.2. The molecule has 9 heteroatoms. The molecular formula is C5H3Cl4N3O2. The summed E-state index contributed by atoms with van der Waals surface area (Å²) in [6, 6.07) is 0. The standard InChI is InChI=1S/C4HCl2N3O2.CH2Cl2/c5-3-2(9(10)11)1-7-4(6)8-3;2-1-3/h1H;1H2. The van der Waals surface area contributed by atoms with Gasteiger partial charge in [-0.25, -0.2) is 4.98 Å². The number of nitrogens with zero attached hydrogens (tertiary/aromatic N) is 3. The van der Waals surface area contributed by atoms with Gasteiger partial charge in [-0.2, -0.15) is 4.98 Å². The maximum absolute atomic E-state index is 10.1. The molecule has 0 N–H and O–H groups in total. The number of aromatic nitrogens is 2. The lowest BCUT2D eigenvalue weighted by atomic mass is 10.6. The van der Waals surface area contributed by atoms with E-state index in [1.54, 1.807) is 0 Å². The largest absolute Gasteiger partial charge is 0.324 e. The lowest BCUT2D eigenvalue weighted by molar-refractivity contribution is -0.385. The summed E-state index contributed by atoms with van der Waals surface area (Å²) < 4.78 is 0. The molecule has 0 saturated heterocycles. The van der Waals surface area contributed by atoms with Crippen LogP contribution in [0, 0.1) is 10.1 Å².